The van der Waals surface area contributed by atoms with E-state index in [1.807, 2.05) is 11.8 Å². The van der Waals surface area contributed by atoms with Crippen molar-refractivity contribution in [3.05, 3.63) is 23.8 Å². The number of hydrogen-bond donors (Lipinski definition) is 2. The van der Waals surface area contributed by atoms with Crippen molar-refractivity contribution in [1.82, 2.24) is 10.2 Å². The summed E-state index contributed by atoms with van der Waals surface area (Å²) in [7, 11) is 1.56. The molecule has 1 fully saturated rings. The van der Waals surface area contributed by atoms with Crippen LogP contribution in [0.1, 0.15) is 25.3 Å². The average Bonchev–Trinajstić information content (AvgIpc) is 2.98. The molecule has 2 rings (SSSR count). The Bertz CT molecular complexity index is 470. The first-order chi connectivity index (χ1) is 9.61. The van der Waals surface area contributed by atoms with E-state index >= 15 is 0 Å². The molecule has 0 aliphatic carbocycles. The zero-order valence-electron chi connectivity index (χ0n) is 12.1. The Balaban J connectivity index is 1.89. The van der Waals surface area contributed by atoms with Crippen molar-refractivity contribution in [2.24, 2.45) is 0 Å². The summed E-state index contributed by atoms with van der Waals surface area (Å²) in [6.07, 6.45) is 2.19. The quantitative estimate of drug-likeness (QED) is 0.857. The third kappa shape index (κ3) is 3.42. The standard InChI is InChI=1S/C15H22N2O3/c1-11(15(19)17-7-3-4-8-17)16-10-12-5-6-13(20-2)9-14(12)18/h5-6,9,11,16,18H,3-4,7-8,10H2,1-2H3. The average molecular weight is 278 g/mol. The van der Waals surface area contributed by atoms with Crippen molar-refractivity contribution < 1.29 is 14.6 Å². The highest BCUT2D eigenvalue weighted by Crippen LogP contribution is 2.23. The van der Waals surface area contributed by atoms with Gasteiger partial charge in [-0.3, -0.25) is 4.79 Å². The Labute approximate surface area is 119 Å². The molecule has 110 valence electrons. The van der Waals surface area contributed by atoms with Crippen molar-refractivity contribution in [3.63, 3.8) is 0 Å². The van der Waals surface area contributed by atoms with Crippen molar-refractivity contribution in [3.8, 4) is 11.5 Å². The van der Waals surface area contributed by atoms with Crippen LogP contribution in [0.3, 0.4) is 0 Å². The summed E-state index contributed by atoms with van der Waals surface area (Å²) in [5.74, 6) is 0.931. The lowest BCUT2D eigenvalue weighted by Crippen LogP contribution is -2.43. The summed E-state index contributed by atoms with van der Waals surface area (Å²) in [6.45, 7) is 4.04. The number of phenols is 1. The maximum atomic E-state index is 12.1. The van der Waals surface area contributed by atoms with Crippen LogP contribution in [0.5, 0.6) is 11.5 Å². The SMILES string of the molecule is COc1ccc(CNC(C)C(=O)N2CCCC2)c(O)c1. The first kappa shape index (κ1) is 14.7. The van der Waals surface area contributed by atoms with Gasteiger partial charge in [-0.1, -0.05) is 6.07 Å². The first-order valence-corrected chi connectivity index (χ1v) is 7.00. The molecule has 5 nitrogen and oxygen atoms in total. The van der Waals surface area contributed by atoms with Gasteiger partial charge in [0, 0.05) is 31.3 Å². The van der Waals surface area contributed by atoms with Gasteiger partial charge in [0.15, 0.2) is 0 Å². The Kier molecular flexibility index (Phi) is 4.84. The lowest BCUT2D eigenvalue weighted by molar-refractivity contribution is -0.131. The van der Waals surface area contributed by atoms with Crippen LogP contribution in [0.15, 0.2) is 18.2 Å². The number of carbonyl (C=O) groups is 1. The summed E-state index contributed by atoms with van der Waals surface area (Å²) in [4.78, 5) is 14.0. The van der Waals surface area contributed by atoms with E-state index in [0.29, 0.717) is 12.3 Å². The molecule has 1 aromatic rings. The molecule has 1 unspecified atom stereocenters. The van der Waals surface area contributed by atoms with E-state index in [-0.39, 0.29) is 17.7 Å². The zero-order chi connectivity index (χ0) is 14.5. The van der Waals surface area contributed by atoms with Gasteiger partial charge in [-0.25, -0.2) is 0 Å². The minimum Gasteiger partial charge on any atom is -0.507 e. The second-order valence-electron chi connectivity index (χ2n) is 5.13. The molecule has 1 aliphatic heterocycles. The Morgan fingerprint density at radius 1 is 1.45 bits per heavy atom. The van der Waals surface area contributed by atoms with Crippen LogP contribution in [0.2, 0.25) is 0 Å². The molecule has 1 aromatic carbocycles. The van der Waals surface area contributed by atoms with E-state index in [2.05, 4.69) is 5.32 Å². The van der Waals surface area contributed by atoms with Gasteiger partial charge in [-0.15, -0.1) is 0 Å². The van der Waals surface area contributed by atoms with Crippen molar-refractivity contribution in [2.45, 2.75) is 32.4 Å². The lowest BCUT2D eigenvalue weighted by atomic mass is 10.1. The molecule has 1 atom stereocenters. The number of likely N-dealkylation sites (tertiary alicyclic amines) is 1. The topological polar surface area (TPSA) is 61.8 Å². The molecule has 1 heterocycles. The van der Waals surface area contributed by atoms with Crippen molar-refractivity contribution in [1.29, 1.82) is 0 Å². The molecular formula is C15H22N2O3. The molecule has 2 N–H and O–H groups in total. The fourth-order valence-electron chi connectivity index (χ4n) is 2.38. The second-order valence-corrected chi connectivity index (χ2v) is 5.13. The van der Waals surface area contributed by atoms with Gasteiger partial charge >= 0.3 is 0 Å². The number of rotatable bonds is 5. The van der Waals surface area contributed by atoms with Crippen LogP contribution in [-0.4, -0.2) is 42.2 Å². The number of nitrogens with one attached hydrogen (secondary N) is 1. The van der Waals surface area contributed by atoms with E-state index in [9.17, 15) is 9.90 Å². The molecule has 0 spiro atoms. The first-order valence-electron chi connectivity index (χ1n) is 7.00. The van der Waals surface area contributed by atoms with Gasteiger partial charge in [-0.05, 0) is 25.8 Å². The third-order valence-electron chi connectivity index (χ3n) is 3.68. The Morgan fingerprint density at radius 3 is 2.75 bits per heavy atom. The summed E-state index contributed by atoms with van der Waals surface area (Å²) in [6, 6.07) is 4.93. The number of hydrogen-bond acceptors (Lipinski definition) is 4. The van der Waals surface area contributed by atoms with Crippen LogP contribution in [0.25, 0.3) is 0 Å². The highest BCUT2D eigenvalue weighted by molar-refractivity contribution is 5.81. The third-order valence-corrected chi connectivity index (χ3v) is 3.68. The van der Waals surface area contributed by atoms with E-state index in [0.717, 1.165) is 31.5 Å². The van der Waals surface area contributed by atoms with Crippen LogP contribution in [0.4, 0.5) is 0 Å². The van der Waals surface area contributed by atoms with E-state index in [4.69, 9.17) is 4.74 Å². The fourth-order valence-corrected chi connectivity index (χ4v) is 2.38. The minimum atomic E-state index is -0.241. The Hall–Kier alpha value is -1.75. The molecule has 5 heteroatoms. The molecule has 0 radical (unpaired) electrons. The summed E-state index contributed by atoms with van der Waals surface area (Å²) in [5, 5.41) is 13.0. The van der Waals surface area contributed by atoms with Crippen LogP contribution in [0, 0.1) is 0 Å². The lowest BCUT2D eigenvalue weighted by Gasteiger charge is -2.21. The highest BCUT2D eigenvalue weighted by Gasteiger charge is 2.22. The molecule has 0 saturated carbocycles. The normalized spacial score (nSPS) is 16.2. The largest absolute Gasteiger partial charge is 0.507 e. The maximum Gasteiger partial charge on any atom is 0.239 e. The molecule has 20 heavy (non-hydrogen) atoms. The monoisotopic (exact) mass is 278 g/mol. The van der Waals surface area contributed by atoms with Gasteiger partial charge < -0.3 is 20.1 Å². The highest BCUT2D eigenvalue weighted by atomic mass is 16.5. The summed E-state index contributed by atoms with van der Waals surface area (Å²) in [5.41, 5.74) is 0.756. The number of phenolic OH excluding ortho intramolecular Hbond substituents is 1. The number of aromatic hydroxyl groups is 1. The molecule has 1 amide bonds. The minimum absolute atomic E-state index is 0.135. The van der Waals surface area contributed by atoms with E-state index in [1.165, 1.54) is 0 Å². The molecular weight excluding hydrogens is 256 g/mol. The molecule has 1 saturated heterocycles. The van der Waals surface area contributed by atoms with Crippen LogP contribution < -0.4 is 10.1 Å². The number of nitrogens with zero attached hydrogens (tertiary/aromatic N) is 1. The summed E-state index contributed by atoms with van der Waals surface area (Å²) >= 11 is 0. The molecule has 1 aliphatic rings. The van der Waals surface area contributed by atoms with Gasteiger partial charge in [-0.2, -0.15) is 0 Å². The molecule has 0 aromatic heterocycles. The number of ether oxygens (including phenoxy) is 1. The second kappa shape index (κ2) is 6.61. The number of methoxy groups -OCH3 is 1. The number of carbonyl (C=O) groups excluding carboxylic acids is 1. The number of amides is 1. The van der Waals surface area contributed by atoms with Gasteiger partial charge in [0.25, 0.3) is 0 Å². The maximum absolute atomic E-state index is 12.1. The predicted molar refractivity (Wildman–Crippen MR) is 76.8 cm³/mol. The van der Waals surface area contributed by atoms with Crippen LogP contribution >= 0.6 is 0 Å². The predicted octanol–water partition coefficient (Wildman–Crippen LogP) is 1.50. The van der Waals surface area contributed by atoms with E-state index < -0.39 is 0 Å². The van der Waals surface area contributed by atoms with E-state index in [1.54, 1.807) is 25.3 Å². The smallest absolute Gasteiger partial charge is 0.239 e. The van der Waals surface area contributed by atoms with Gasteiger partial charge in [0.1, 0.15) is 11.5 Å². The van der Waals surface area contributed by atoms with Crippen molar-refractivity contribution in [2.75, 3.05) is 20.2 Å². The van der Waals surface area contributed by atoms with Crippen LogP contribution in [-0.2, 0) is 11.3 Å². The zero-order valence-corrected chi connectivity index (χ0v) is 12.1. The summed E-state index contributed by atoms with van der Waals surface area (Å²) < 4.78 is 5.04. The Morgan fingerprint density at radius 2 is 2.15 bits per heavy atom. The fraction of sp³-hybridized carbons (Fsp3) is 0.533. The van der Waals surface area contributed by atoms with Gasteiger partial charge in [0.2, 0.25) is 5.91 Å². The number of benzene rings is 1. The molecule has 0 bridgehead atoms. The van der Waals surface area contributed by atoms with Gasteiger partial charge in [0.05, 0.1) is 13.2 Å². The van der Waals surface area contributed by atoms with Crippen molar-refractivity contribution >= 4 is 5.91 Å².